The highest BCUT2D eigenvalue weighted by molar-refractivity contribution is 5.69. The third-order valence-electron chi connectivity index (χ3n) is 7.70. The first-order valence-corrected chi connectivity index (χ1v) is 11.7. The van der Waals surface area contributed by atoms with Crippen LogP contribution >= 0.6 is 0 Å². The van der Waals surface area contributed by atoms with Gasteiger partial charge >= 0.3 is 6.09 Å². The maximum absolute atomic E-state index is 11.9. The number of carbonyl (C=O) groups is 1. The molecule has 0 aromatic carbocycles. The zero-order chi connectivity index (χ0) is 20.6. The molecule has 0 radical (unpaired) electrons. The van der Waals surface area contributed by atoms with Crippen LogP contribution in [0.3, 0.4) is 0 Å². The van der Waals surface area contributed by atoms with Crippen molar-refractivity contribution in [3.05, 3.63) is 23.9 Å². The molecule has 4 fully saturated rings. The van der Waals surface area contributed by atoms with Crippen LogP contribution < -0.4 is 10.2 Å². The van der Waals surface area contributed by atoms with E-state index in [0.717, 1.165) is 52.4 Å². The second kappa shape index (κ2) is 8.35. The Labute approximate surface area is 179 Å². The lowest BCUT2D eigenvalue weighted by Crippen LogP contribution is -2.58. The third kappa shape index (κ3) is 3.78. The fraction of sp³-hybridized carbons (Fsp3) is 0.739. The number of hydrogen-bond donors (Lipinski definition) is 1. The van der Waals surface area contributed by atoms with Crippen LogP contribution in [0.5, 0.6) is 0 Å². The molecule has 1 aromatic heterocycles. The highest BCUT2D eigenvalue weighted by Gasteiger charge is 2.51. The summed E-state index contributed by atoms with van der Waals surface area (Å²) in [7, 11) is 0. The Bertz CT molecular complexity index is 752. The summed E-state index contributed by atoms with van der Waals surface area (Å²) in [5.41, 5.74) is 1.77. The molecule has 1 aromatic rings. The second-order valence-electron chi connectivity index (χ2n) is 9.58. The predicted molar refractivity (Wildman–Crippen MR) is 117 cm³/mol. The average Bonchev–Trinajstić information content (AvgIpc) is 3.43. The molecule has 4 aliphatic rings. The van der Waals surface area contributed by atoms with Gasteiger partial charge in [-0.15, -0.1) is 0 Å². The summed E-state index contributed by atoms with van der Waals surface area (Å²) >= 11 is 0. The van der Waals surface area contributed by atoms with Crippen LogP contribution in [0.2, 0.25) is 0 Å². The number of amides is 1. The van der Waals surface area contributed by atoms with Crippen molar-refractivity contribution in [1.82, 2.24) is 20.1 Å². The topological polar surface area (TPSA) is 60.9 Å². The molecule has 2 atom stereocenters. The number of carbonyl (C=O) groups excluding carboxylic acids is 1. The van der Waals surface area contributed by atoms with Crippen LogP contribution in [0, 0.1) is 5.41 Å². The van der Waals surface area contributed by atoms with E-state index >= 15 is 0 Å². The smallest absolute Gasteiger partial charge is 0.409 e. The quantitative estimate of drug-likeness (QED) is 0.817. The number of hydrogen-bond acceptors (Lipinski definition) is 6. The Balaban J connectivity index is 1.15. The maximum atomic E-state index is 11.9. The number of nitrogens with zero attached hydrogens (tertiary/aromatic N) is 4. The van der Waals surface area contributed by atoms with Crippen molar-refractivity contribution in [2.24, 2.45) is 5.41 Å². The number of anilines is 1. The molecule has 4 heterocycles. The highest BCUT2D eigenvalue weighted by atomic mass is 16.6. The first-order valence-electron chi connectivity index (χ1n) is 11.7. The average molecular weight is 414 g/mol. The van der Waals surface area contributed by atoms with Gasteiger partial charge < -0.3 is 19.9 Å². The zero-order valence-electron chi connectivity index (χ0n) is 18.2. The molecule has 1 N–H and O–H groups in total. The van der Waals surface area contributed by atoms with Crippen LogP contribution in [-0.4, -0.2) is 85.9 Å². The molecule has 7 nitrogen and oxygen atoms in total. The Morgan fingerprint density at radius 3 is 2.83 bits per heavy atom. The van der Waals surface area contributed by atoms with Gasteiger partial charge in [0.05, 0.1) is 6.61 Å². The summed E-state index contributed by atoms with van der Waals surface area (Å²) in [5.74, 6) is 1.81. The number of pyridine rings is 1. The van der Waals surface area contributed by atoms with E-state index in [0.29, 0.717) is 24.0 Å². The van der Waals surface area contributed by atoms with E-state index < -0.39 is 0 Å². The molecule has 1 spiro atoms. The largest absolute Gasteiger partial charge is 0.450 e. The lowest BCUT2D eigenvalue weighted by atomic mass is 9.78. The summed E-state index contributed by atoms with van der Waals surface area (Å²) in [5, 5.41) is 3.49. The van der Waals surface area contributed by atoms with Crippen LogP contribution in [-0.2, 0) is 4.74 Å². The molecule has 1 saturated carbocycles. The molecule has 30 heavy (non-hydrogen) atoms. The molecule has 1 aliphatic carbocycles. The van der Waals surface area contributed by atoms with Gasteiger partial charge in [0.15, 0.2) is 0 Å². The predicted octanol–water partition coefficient (Wildman–Crippen LogP) is 2.29. The highest BCUT2D eigenvalue weighted by Crippen LogP contribution is 2.47. The Kier molecular flexibility index (Phi) is 5.58. The number of rotatable bonds is 4. The van der Waals surface area contributed by atoms with Gasteiger partial charge in [0.2, 0.25) is 0 Å². The molecule has 1 amide bonds. The summed E-state index contributed by atoms with van der Waals surface area (Å²) < 4.78 is 5.15. The second-order valence-corrected chi connectivity index (χ2v) is 9.58. The first-order chi connectivity index (χ1) is 14.7. The molecule has 1 unspecified atom stereocenters. The third-order valence-corrected chi connectivity index (χ3v) is 7.70. The van der Waals surface area contributed by atoms with Gasteiger partial charge in [0.1, 0.15) is 5.82 Å². The molecule has 5 rings (SSSR count). The van der Waals surface area contributed by atoms with Crippen molar-refractivity contribution in [2.75, 3.05) is 63.9 Å². The number of nitrogens with one attached hydrogen (secondary N) is 1. The number of likely N-dealkylation sites (tertiary alicyclic amines) is 1. The molecule has 7 heteroatoms. The van der Waals surface area contributed by atoms with Crippen molar-refractivity contribution in [2.45, 2.75) is 44.6 Å². The van der Waals surface area contributed by atoms with Gasteiger partial charge in [0, 0.05) is 69.4 Å². The van der Waals surface area contributed by atoms with Crippen molar-refractivity contribution in [3.63, 3.8) is 0 Å². The van der Waals surface area contributed by atoms with E-state index in [4.69, 9.17) is 9.72 Å². The fourth-order valence-corrected chi connectivity index (χ4v) is 6.09. The minimum atomic E-state index is -0.135. The van der Waals surface area contributed by atoms with Crippen molar-refractivity contribution in [3.8, 4) is 0 Å². The van der Waals surface area contributed by atoms with Crippen molar-refractivity contribution < 1.29 is 9.53 Å². The number of aromatic nitrogens is 1. The Morgan fingerprint density at radius 2 is 2.10 bits per heavy atom. The van der Waals surface area contributed by atoms with E-state index in [2.05, 4.69) is 27.2 Å². The normalized spacial score (nSPS) is 28.7. The summed E-state index contributed by atoms with van der Waals surface area (Å²) in [6.45, 7) is 10.6. The molecular weight excluding hydrogens is 378 g/mol. The Hall–Kier alpha value is -1.86. The molecule has 0 bridgehead atoms. The van der Waals surface area contributed by atoms with Gasteiger partial charge in [-0.2, -0.15) is 0 Å². The van der Waals surface area contributed by atoms with Gasteiger partial charge in [-0.25, -0.2) is 9.78 Å². The first kappa shape index (κ1) is 20.1. The van der Waals surface area contributed by atoms with Gasteiger partial charge in [-0.1, -0.05) is 6.07 Å². The van der Waals surface area contributed by atoms with Crippen LogP contribution in [0.25, 0.3) is 0 Å². The van der Waals surface area contributed by atoms with E-state index in [1.165, 1.54) is 37.1 Å². The lowest BCUT2D eigenvalue weighted by molar-refractivity contribution is -0.00294. The van der Waals surface area contributed by atoms with Crippen LogP contribution in [0.4, 0.5) is 10.6 Å². The molecule has 3 saturated heterocycles. The van der Waals surface area contributed by atoms with Gasteiger partial charge in [-0.3, -0.25) is 4.90 Å². The zero-order valence-corrected chi connectivity index (χ0v) is 18.2. The Morgan fingerprint density at radius 1 is 1.27 bits per heavy atom. The van der Waals surface area contributed by atoms with Crippen molar-refractivity contribution in [1.29, 1.82) is 0 Å². The van der Waals surface area contributed by atoms with Crippen LogP contribution in [0.1, 0.15) is 44.1 Å². The molecular formula is C23H35N5O2. The SMILES string of the molecule is CCOC(=O)N1CC2(CC[C@@H](N3CCN(c4ncccc4C4CCNC4)CC3)C2)C1. The molecule has 3 aliphatic heterocycles. The van der Waals surface area contributed by atoms with Crippen LogP contribution in [0.15, 0.2) is 18.3 Å². The van der Waals surface area contributed by atoms with Gasteiger partial charge in [-0.05, 0) is 50.8 Å². The monoisotopic (exact) mass is 413 g/mol. The standard InChI is InChI=1S/C23H35N5O2/c1-2-30-22(29)28-16-23(17-28)7-5-19(14-23)26-10-12-27(13-11-26)21-20(4-3-8-25-21)18-6-9-24-15-18/h3-4,8,18-19,24H,2,5-7,9-17H2,1H3/t18?,19-/m1/s1. The fourth-order valence-electron chi connectivity index (χ4n) is 6.09. The lowest BCUT2D eigenvalue weighted by Gasteiger charge is -2.48. The summed E-state index contributed by atoms with van der Waals surface area (Å²) in [4.78, 5) is 23.8. The molecule has 164 valence electrons. The van der Waals surface area contributed by atoms with E-state index in [1.807, 2.05) is 18.0 Å². The summed E-state index contributed by atoms with van der Waals surface area (Å²) in [6.07, 6.45) is 6.76. The van der Waals surface area contributed by atoms with E-state index in [9.17, 15) is 4.79 Å². The van der Waals surface area contributed by atoms with Gasteiger partial charge in [0.25, 0.3) is 0 Å². The van der Waals surface area contributed by atoms with Crippen molar-refractivity contribution >= 4 is 11.9 Å². The number of piperazine rings is 1. The minimum absolute atomic E-state index is 0.135. The van der Waals surface area contributed by atoms with E-state index in [-0.39, 0.29) is 6.09 Å². The number of ether oxygens (including phenoxy) is 1. The van der Waals surface area contributed by atoms with E-state index in [1.54, 1.807) is 0 Å². The maximum Gasteiger partial charge on any atom is 0.409 e. The minimum Gasteiger partial charge on any atom is -0.450 e. The summed E-state index contributed by atoms with van der Waals surface area (Å²) in [6, 6.07) is 5.03.